The Kier molecular flexibility index (Phi) is 6.39. The summed E-state index contributed by atoms with van der Waals surface area (Å²) in [5.41, 5.74) is 3.73. The first-order valence-corrected chi connectivity index (χ1v) is 12.1. The lowest BCUT2D eigenvalue weighted by Crippen LogP contribution is -2.28. The predicted molar refractivity (Wildman–Crippen MR) is 115 cm³/mol. The molecule has 0 aromatic heterocycles. The SMILES string of the molecule is O=C(CCc1ccc(S(=O)(=O)NC2CC2)cc1)NCCOc1ccc2c(c1)CCC2. The summed E-state index contributed by atoms with van der Waals surface area (Å²) in [6.07, 6.45) is 6.22. The fraction of sp³-hybridized carbons (Fsp3) is 0.435. The number of amides is 1. The molecule has 30 heavy (non-hydrogen) atoms. The molecule has 0 saturated heterocycles. The summed E-state index contributed by atoms with van der Waals surface area (Å²) in [5, 5.41) is 2.87. The molecule has 1 amide bonds. The number of hydrogen-bond donors (Lipinski definition) is 2. The molecule has 2 aliphatic carbocycles. The van der Waals surface area contributed by atoms with Crippen molar-refractivity contribution in [1.29, 1.82) is 0 Å². The third-order valence-electron chi connectivity index (χ3n) is 5.54. The highest BCUT2D eigenvalue weighted by molar-refractivity contribution is 7.89. The maximum Gasteiger partial charge on any atom is 0.240 e. The topological polar surface area (TPSA) is 84.5 Å². The maximum atomic E-state index is 12.2. The Morgan fingerprint density at radius 3 is 2.57 bits per heavy atom. The van der Waals surface area contributed by atoms with E-state index < -0.39 is 10.0 Å². The van der Waals surface area contributed by atoms with Crippen LogP contribution in [0.3, 0.4) is 0 Å². The fourth-order valence-corrected chi connectivity index (χ4v) is 4.97. The smallest absolute Gasteiger partial charge is 0.240 e. The summed E-state index contributed by atoms with van der Waals surface area (Å²) in [6, 6.07) is 13.1. The van der Waals surface area contributed by atoms with Crippen LogP contribution < -0.4 is 14.8 Å². The molecule has 6 nitrogen and oxygen atoms in total. The van der Waals surface area contributed by atoms with Crippen molar-refractivity contribution in [2.75, 3.05) is 13.2 Å². The second-order valence-electron chi connectivity index (χ2n) is 8.02. The highest BCUT2D eigenvalue weighted by Crippen LogP contribution is 2.26. The van der Waals surface area contributed by atoms with Crippen LogP contribution in [0.1, 0.15) is 42.4 Å². The Morgan fingerprint density at radius 2 is 1.80 bits per heavy atom. The zero-order valence-electron chi connectivity index (χ0n) is 17.0. The molecule has 1 fully saturated rings. The van der Waals surface area contributed by atoms with Crippen molar-refractivity contribution < 1.29 is 17.9 Å². The van der Waals surface area contributed by atoms with Crippen LogP contribution in [-0.2, 0) is 34.1 Å². The number of hydrogen-bond acceptors (Lipinski definition) is 4. The van der Waals surface area contributed by atoms with Gasteiger partial charge in [-0.1, -0.05) is 18.2 Å². The van der Waals surface area contributed by atoms with Crippen molar-refractivity contribution in [3.63, 3.8) is 0 Å². The second-order valence-corrected chi connectivity index (χ2v) is 9.74. The van der Waals surface area contributed by atoms with Gasteiger partial charge in [0.15, 0.2) is 0 Å². The number of aryl methyl sites for hydroxylation is 3. The van der Waals surface area contributed by atoms with Crippen molar-refractivity contribution in [2.24, 2.45) is 0 Å². The molecule has 0 radical (unpaired) electrons. The molecule has 2 aromatic carbocycles. The van der Waals surface area contributed by atoms with Gasteiger partial charge in [-0.05, 0) is 79.5 Å². The summed E-state index contributed by atoms with van der Waals surface area (Å²) in [4.78, 5) is 12.3. The summed E-state index contributed by atoms with van der Waals surface area (Å²) >= 11 is 0. The number of rotatable bonds is 10. The molecular formula is C23H28N2O4S. The average Bonchev–Trinajstić information content (AvgIpc) is 3.41. The molecule has 0 spiro atoms. The van der Waals surface area contributed by atoms with Crippen molar-refractivity contribution in [2.45, 2.75) is 55.9 Å². The van der Waals surface area contributed by atoms with Gasteiger partial charge in [0.1, 0.15) is 12.4 Å². The van der Waals surface area contributed by atoms with E-state index in [1.54, 1.807) is 24.3 Å². The standard InChI is InChI=1S/C23H28N2O4S/c26-23(24-14-15-29-21-10-7-18-2-1-3-19(18)16-21)13-6-17-4-11-22(12-5-17)30(27,28)25-20-8-9-20/h4-5,7,10-12,16,20,25H,1-3,6,8-9,13-15H2,(H,24,26). The third kappa shape index (κ3) is 5.61. The third-order valence-corrected chi connectivity index (χ3v) is 7.07. The zero-order valence-corrected chi connectivity index (χ0v) is 17.8. The van der Waals surface area contributed by atoms with Crippen LogP contribution in [0.4, 0.5) is 0 Å². The minimum atomic E-state index is -3.43. The van der Waals surface area contributed by atoms with E-state index in [1.807, 2.05) is 6.07 Å². The number of carbonyl (C=O) groups excluding carboxylic acids is 1. The Morgan fingerprint density at radius 1 is 1.03 bits per heavy atom. The van der Waals surface area contributed by atoms with Gasteiger partial charge in [0.2, 0.25) is 15.9 Å². The van der Waals surface area contributed by atoms with E-state index in [2.05, 4.69) is 22.2 Å². The van der Waals surface area contributed by atoms with E-state index in [-0.39, 0.29) is 16.8 Å². The van der Waals surface area contributed by atoms with Gasteiger partial charge in [0.05, 0.1) is 11.4 Å². The quantitative estimate of drug-likeness (QED) is 0.570. The predicted octanol–water partition coefficient (Wildman–Crippen LogP) is 2.74. The second kappa shape index (κ2) is 9.18. The number of sulfonamides is 1. The molecule has 0 heterocycles. The summed E-state index contributed by atoms with van der Waals surface area (Å²) in [7, 11) is -3.43. The molecule has 0 unspecified atom stereocenters. The average molecular weight is 429 g/mol. The first-order valence-electron chi connectivity index (χ1n) is 10.6. The largest absolute Gasteiger partial charge is 0.492 e. The molecule has 2 N–H and O–H groups in total. The van der Waals surface area contributed by atoms with Gasteiger partial charge in [-0.15, -0.1) is 0 Å². The molecule has 0 atom stereocenters. The molecule has 0 aliphatic heterocycles. The molecular weight excluding hydrogens is 400 g/mol. The Hall–Kier alpha value is -2.38. The number of fused-ring (bicyclic) bond motifs is 1. The van der Waals surface area contributed by atoms with E-state index in [0.717, 1.165) is 37.0 Å². The van der Waals surface area contributed by atoms with Gasteiger partial charge in [-0.2, -0.15) is 0 Å². The van der Waals surface area contributed by atoms with Crippen LogP contribution in [0.25, 0.3) is 0 Å². The first-order chi connectivity index (χ1) is 14.5. The van der Waals surface area contributed by atoms with Gasteiger partial charge in [-0.3, -0.25) is 4.79 Å². The maximum absolute atomic E-state index is 12.2. The normalized spacial score (nSPS) is 15.6. The lowest BCUT2D eigenvalue weighted by molar-refractivity contribution is -0.121. The minimum absolute atomic E-state index is 0.0420. The summed E-state index contributed by atoms with van der Waals surface area (Å²) in [6.45, 7) is 0.894. The van der Waals surface area contributed by atoms with Crippen LogP contribution >= 0.6 is 0 Å². The van der Waals surface area contributed by atoms with Crippen molar-refractivity contribution in [3.8, 4) is 5.75 Å². The van der Waals surface area contributed by atoms with Gasteiger partial charge in [0.25, 0.3) is 0 Å². The highest BCUT2D eigenvalue weighted by atomic mass is 32.2. The number of ether oxygens (including phenoxy) is 1. The van der Waals surface area contributed by atoms with E-state index >= 15 is 0 Å². The van der Waals surface area contributed by atoms with Crippen LogP contribution in [-0.4, -0.2) is 33.5 Å². The van der Waals surface area contributed by atoms with Crippen LogP contribution in [0.5, 0.6) is 5.75 Å². The molecule has 0 bridgehead atoms. The molecule has 7 heteroatoms. The number of carbonyl (C=O) groups is 1. The lowest BCUT2D eigenvalue weighted by Gasteiger charge is -2.10. The molecule has 160 valence electrons. The fourth-order valence-electron chi connectivity index (χ4n) is 3.67. The van der Waals surface area contributed by atoms with Gasteiger partial charge >= 0.3 is 0 Å². The number of benzene rings is 2. The van der Waals surface area contributed by atoms with Gasteiger partial charge < -0.3 is 10.1 Å². The van der Waals surface area contributed by atoms with Crippen molar-refractivity contribution >= 4 is 15.9 Å². The van der Waals surface area contributed by atoms with E-state index in [0.29, 0.717) is 26.0 Å². The van der Waals surface area contributed by atoms with Crippen LogP contribution in [0, 0.1) is 0 Å². The van der Waals surface area contributed by atoms with E-state index in [9.17, 15) is 13.2 Å². The van der Waals surface area contributed by atoms with Gasteiger partial charge in [0, 0.05) is 12.5 Å². The Labute approximate surface area is 178 Å². The van der Waals surface area contributed by atoms with Crippen LogP contribution in [0.2, 0.25) is 0 Å². The van der Waals surface area contributed by atoms with Crippen molar-refractivity contribution in [1.82, 2.24) is 10.0 Å². The molecule has 2 aliphatic rings. The summed E-state index contributed by atoms with van der Waals surface area (Å²) in [5.74, 6) is 0.816. The molecule has 1 saturated carbocycles. The molecule has 2 aromatic rings. The zero-order chi connectivity index (χ0) is 21.0. The Balaban J connectivity index is 1.16. The monoisotopic (exact) mass is 428 g/mol. The lowest BCUT2D eigenvalue weighted by atomic mass is 10.1. The minimum Gasteiger partial charge on any atom is -0.492 e. The highest BCUT2D eigenvalue weighted by Gasteiger charge is 2.27. The van der Waals surface area contributed by atoms with E-state index in [1.165, 1.54) is 17.5 Å². The summed E-state index contributed by atoms with van der Waals surface area (Å²) < 4.78 is 32.8. The Bertz CT molecular complexity index is 998. The van der Waals surface area contributed by atoms with Crippen molar-refractivity contribution in [3.05, 3.63) is 59.2 Å². The van der Waals surface area contributed by atoms with E-state index in [4.69, 9.17) is 4.74 Å². The molecule has 4 rings (SSSR count). The van der Waals surface area contributed by atoms with Crippen LogP contribution in [0.15, 0.2) is 47.4 Å². The van der Waals surface area contributed by atoms with Gasteiger partial charge in [-0.25, -0.2) is 13.1 Å². The number of nitrogens with one attached hydrogen (secondary N) is 2. The first kappa shape index (κ1) is 20.9.